The zero-order valence-electron chi connectivity index (χ0n) is 17.5. The van der Waals surface area contributed by atoms with E-state index in [1.807, 2.05) is 18.2 Å². The third kappa shape index (κ3) is 6.31. The molecule has 1 aromatic carbocycles. The fourth-order valence-corrected chi connectivity index (χ4v) is 3.32. The Bertz CT molecular complexity index is 919. The zero-order chi connectivity index (χ0) is 21.9. The fraction of sp³-hybridized carbons (Fsp3) is 0.500. The van der Waals surface area contributed by atoms with E-state index in [2.05, 4.69) is 29.9 Å². The first-order valence-corrected chi connectivity index (χ1v) is 10.2. The van der Waals surface area contributed by atoms with Gasteiger partial charge < -0.3 is 19.8 Å². The maximum Gasteiger partial charge on any atom is 0.419 e. The van der Waals surface area contributed by atoms with Gasteiger partial charge in [0.25, 0.3) is 5.91 Å². The number of amides is 1. The summed E-state index contributed by atoms with van der Waals surface area (Å²) in [5.74, 6) is -0.597. The van der Waals surface area contributed by atoms with E-state index in [9.17, 15) is 14.9 Å². The van der Waals surface area contributed by atoms with Crippen LogP contribution in [0, 0.1) is 11.3 Å². The molecule has 8 nitrogen and oxygen atoms in total. The van der Waals surface area contributed by atoms with E-state index >= 15 is 0 Å². The Morgan fingerprint density at radius 1 is 1.43 bits per heavy atom. The van der Waals surface area contributed by atoms with Gasteiger partial charge in [-0.2, -0.15) is 5.26 Å². The summed E-state index contributed by atoms with van der Waals surface area (Å²) in [5.41, 5.74) is 2.47. The molecule has 0 saturated carbocycles. The molecule has 162 valence electrons. The third-order valence-corrected chi connectivity index (χ3v) is 4.98. The highest BCUT2D eigenvalue weighted by Gasteiger charge is 2.23. The molecule has 2 atom stereocenters. The maximum atomic E-state index is 12.3. The summed E-state index contributed by atoms with van der Waals surface area (Å²) in [6.45, 7) is 7.86. The number of nitrogens with one attached hydrogen (secondary N) is 2. The minimum Gasteiger partial charge on any atom is -0.408 e. The highest BCUT2D eigenvalue weighted by atomic mass is 16.5. The molecule has 1 amide bonds. The van der Waals surface area contributed by atoms with Crippen LogP contribution < -0.4 is 16.4 Å². The number of fused-ring (bicyclic) bond motifs is 1. The smallest absolute Gasteiger partial charge is 0.408 e. The van der Waals surface area contributed by atoms with E-state index in [0.29, 0.717) is 25.2 Å². The van der Waals surface area contributed by atoms with Crippen LogP contribution in [0.4, 0.5) is 0 Å². The molecule has 30 heavy (non-hydrogen) atoms. The Hall–Kier alpha value is -2.89. The molecule has 2 unspecified atom stereocenters. The lowest BCUT2D eigenvalue weighted by atomic mass is 10.0. The van der Waals surface area contributed by atoms with E-state index in [1.165, 1.54) is 4.57 Å². The highest BCUT2D eigenvalue weighted by Crippen LogP contribution is 2.16. The Morgan fingerprint density at radius 3 is 3.00 bits per heavy atom. The van der Waals surface area contributed by atoms with Crippen LogP contribution in [0.3, 0.4) is 0 Å². The van der Waals surface area contributed by atoms with Crippen molar-refractivity contribution in [1.29, 1.82) is 5.26 Å². The van der Waals surface area contributed by atoms with Crippen LogP contribution in [-0.2, 0) is 23.0 Å². The number of rotatable bonds is 7. The van der Waals surface area contributed by atoms with Gasteiger partial charge in [-0.3, -0.25) is 9.36 Å². The van der Waals surface area contributed by atoms with Gasteiger partial charge in [0.05, 0.1) is 11.6 Å². The van der Waals surface area contributed by atoms with Crippen molar-refractivity contribution in [2.75, 3.05) is 19.7 Å². The molecule has 1 aromatic heterocycles. The largest absolute Gasteiger partial charge is 0.419 e. The van der Waals surface area contributed by atoms with Gasteiger partial charge in [-0.1, -0.05) is 6.07 Å². The number of nitriles is 1. The van der Waals surface area contributed by atoms with Crippen LogP contribution in [0.1, 0.15) is 31.2 Å². The summed E-state index contributed by atoms with van der Waals surface area (Å²) in [4.78, 5) is 23.8. The molecule has 1 aliphatic heterocycles. The van der Waals surface area contributed by atoms with Gasteiger partial charge in [0.1, 0.15) is 12.1 Å². The molecular weight excluding hydrogens is 384 g/mol. The van der Waals surface area contributed by atoms with Crippen LogP contribution in [0.2, 0.25) is 0 Å². The van der Waals surface area contributed by atoms with Gasteiger partial charge in [0.2, 0.25) is 0 Å². The van der Waals surface area contributed by atoms with Crippen molar-refractivity contribution in [3.63, 3.8) is 0 Å². The standard InChI is InChI=1S/C20H26N4O4.C2H4/c1-24-16-11-14(7-8-17(16)28-20(24)26)5-2-3-6-15(12-21)23-19(25)18-13-22-9-4-10-27-18;1-2/h7-8,11,15,18,22H,2-6,9-10,13H2,1H3,(H,23,25);1-2H2. The van der Waals surface area contributed by atoms with E-state index in [4.69, 9.17) is 9.15 Å². The zero-order valence-corrected chi connectivity index (χ0v) is 17.5. The third-order valence-electron chi connectivity index (χ3n) is 4.98. The van der Waals surface area contributed by atoms with Gasteiger partial charge in [0.15, 0.2) is 5.58 Å². The number of ether oxygens (including phenoxy) is 1. The Kier molecular flexibility index (Phi) is 9.32. The molecule has 1 saturated heterocycles. The van der Waals surface area contributed by atoms with Crippen molar-refractivity contribution in [3.8, 4) is 6.07 Å². The highest BCUT2D eigenvalue weighted by molar-refractivity contribution is 5.81. The number of hydrogen-bond acceptors (Lipinski definition) is 6. The Balaban J connectivity index is 0.00000155. The molecule has 2 aromatic rings. The second-order valence-corrected chi connectivity index (χ2v) is 7.08. The Labute approximate surface area is 176 Å². The average molecular weight is 415 g/mol. The maximum absolute atomic E-state index is 12.3. The van der Waals surface area contributed by atoms with E-state index in [1.54, 1.807) is 7.05 Å². The van der Waals surface area contributed by atoms with Crippen LogP contribution >= 0.6 is 0 Å². The van der Waals surface area contributed by atoms with E-state index in [0.717, 1.165) is 43.3 Å². The summed E-state index contributed by atoms with van der Waals surface area (Å²) in [7, 11) is 1.69. The molecule has 0 bridgehead atoms. The molecule has 0 radical (unpaired) electrons. The van der Waals surface area contributed by atoms with Crippen LogP contribution in [0.25, 0.3) is 11.1 Å². The van der Waals surface area contributed by atoms with Crippen molar-refractivity contribution in [2.24, 2.45) is 7.05 Å². The number of aryl methyl sites for hydroxylation is 2. The number of nitrogens with zero attached hydrogens (tertiary/aromatic N) is 2. The number of carbonyl (C=O) groups excluding carboxylic acids is 1. The number of unbranched alkanes of at least 4 members (excludes halogenated alkanes) is 1. The summed E-state index contributed by atoms with van der Waals surface area (Å²) in [6.07, 6.45) is 3.46. The number of carbonyl (C=O) groups is 1. The number of oxazole rings is 1. The van der Waals surface area contributed by atoms with Crippen molar-refractivity contribution in [3.05, 3.63) is 47.5 Å². The first-order valence-electron chi connectivity index (χ1n) is 10.2. The van der Waals surface area contributed by atoms with Gasteiger partial charge in [-0.15, -0.1) is 13.2 Å². The minimum atomic E-state index is -0.535. The van der Waals surface area contributed by atoms with Crippen LogP contribution in [-0.4, -0.2) is 42.3 Å². The van der Waals surface area contributed by atoms with Crippen molar-refractivity contribution < 1.29 is 13.9 Å². The van der Waals surface area contributed by atoms with Crippen LogP contribution in [0.15, 0.2) is 40.6 Å². The summed E-state index contributed by atoms with van der Waals surface area (Å²) in [6, 6.07) is 7.36. The second-order valence-electron chi connectivity index (χ2n) is 7.08. The predicted octanol–water partition coefficient (Wildman–Crippen LogP) is 2.03. The number of benzene rings is 1. The SMILES string of the molecule is C=C.Cn1c(=O)oc2ccc(CCCCC(C#N)NC(=O)C3CNCCCO3)cc21. The van der Waals surface area contributed by atoms with Crippen molar-refractivity contribution >= 4 is 17.0 Å². The summed E-state index contributed by atoms with van der Waals surface area (Å²) < 4.78 is 12.2. The first kappa shape index (κ1) is 23.4. The summed E-state index contributed by atoms with van der Waals surface area (Å²) >= 11 is 0. The van der Waals surface area contributed by atoms with Crippen molar-refractivity contribution in [2.45, 2.75) is 44.2 Å². The molecular formula is C22H30N4O4. The topological polar surface area (TPSA) is 109 Å². The predicted molar refractivity (Wildman–Crippen MR) is 115 cm³/mol. The first-order chi connectivity index (χ1) is 14.6. The second kappa shape index (κ2) is 12.0. The Morgan fingerprint density at radius 2 is 2.23 bits per heavy atom. The molecule has 2 N–H and O–H groups in total. The quantitative estimate of drug-likeness (QED) is 0.530. The normalized spacial score (nSPS) is 17.3. The van der Waals surface area contributed by atoms with E-state index < -0.39 is 12.1 Å². The summed E-state index contributed by atoms with van der Waals surface area (Å²) in [5, 5.41) is 15.3. The molecule has 8 heteroatoms. The van der Waals surface area contributed by atoms with Crippen molar-refractivity contribution in [1.82, 2.24) is 15.2 Å². The van der Waals surface area contributed by atoms with Gasteiger partial charge in [-0.25, -0.2) is 4.79 Å². The monoisotopic (exact) mass is 414 g/mol. The molecule has 0 spiro atoms. The molecule has 2 heterocycles. The average Bonchev–Trinajstić information content (AvgIpc) is 2.96. The van der Waals surface area contributed by atoms with E-state index in [-0.39, 0.29) is 11.7 Å². The van der Waals surface area contributed by atoms with Gasteiger partial charge in [-0.05, 0) is 56.3 Å². The lowest BCUT2D eigenvalue weighted by molar-refractivity contribution is -0.132. The van der Waals surface area contributed by atoms with Crippen LogP contribution in [0.5, 0.6) is 0 Å². The lowest BCUT2D eigenvalue weighted by Gasteiger charge is -2.17. The van der Waals surface area contributed by atoms with Gasteiger partial charge in [0, 0.05) is 20.2 Å². The molecule has 0 aliphatic carbocycles. The molecule has 1 fully saturated rings. The lowest BCUT2D eigenvalue weighted by Crippen LogP contribution is -2.45. The fourth-order valence-electron chi connectivity index (χ4n) is 3.32. The molecule has 1 aliphatic rings. The molecule has 3 rings (SSSR count). The van der Waals surface area contributed by atoms with Gasteiger partial charge >= 0.3 is 5.76 Å². The minimum absolute atomic E-state index is 0.229. The number of aromatic nitrogens is 1. The number of hydrogen-bond donors (Lipinski definition) is 2.